The number of nitro groups is 1. The molecule has 7 nitrogen and oxygen atoms in total. The molecule has 1 heterocycles. The number of nitrogens with zero attached hydrogens (tertiary/aromatic N) is 3. The first-order valence-corrected chi connectivity index (χ1v) is 9.57. The maximum Gasteiger partial charge on any atom is 0.277 e. The van der Waals surface area contributed by atoms with E-state index in [0.29, 0.717) is 11.1 Å². The molecule has 0 aliphatic rings. The zero-order valence-electron chi connectivity index (χ0n) is 15.7. The van der Waals surface area contributed by atoms with E-state index >= 15 is 0 Å². The Morgan fingerprint density at radius 1 is 1.14 bits per heavy atom. The molecule has 0 fully saturated rings. The monoisotopic (exact) mass is 397 g/mol. The number of thioether (sulfide) groups is 1. The molecule has 0 bridgehead atoms. The second-order valence-electron chi connectivity index (χ2n) is 7.22. The topological polar surface area (TPSA) is 99.1 Å². The number of carbonyl (C=O) groups excluding carboxylic acids is 1. The number of non-ortho nitro benzene ring substituents is 1. The van der Waals surface area contributed by atoms with Crippen LogP contribution in [0.3, 0.4) is 0 Å². The Kier molecular flexibility index (Phi) is 5.60. The fourth-order valence-corrected chi connectivity index (χ4v) is 3.16. The molecule has 0 atom stereocenters. The molecule has 2 aromatic carbocycles. The van der Waals surface area contributed by atoms with Gasteiger partial charge in [0, 0.05) is 23.3 Å². The smallest absolute Gasteiger partial charge is 0.277 e. The van der Waals surface area contributed by atoms with Crippen LogP contribution in [0.5, 0.6) is 0 Å². The van der Waals surface area contributed by atoms with Crippen molar-refractivity contribution in [2.45, 2.75) is 31.4 Å². The van der Waals surface area contributed by atoms with E-state index < -0.39 is 4.92 Å². The van der Waals surface area contributed by atoms with Crippen molar-refractivity contribution >= 4 is 23.2 Å². The fraction of sp³-hybridized carbons (Fsp3) is 0.250. The van der Waals surface area contributed by atoms with Crippen molar-refractivity contribution in [3.05, 3.63) is 69.8 Å². The van der Waals surface area contributed by atoms with Crippen LogP contribution in [0.25, 0.3) is 11.5 Å². The summed E-state index contributed by atoms with van der Waals surface area (Å²) in [6.07, 6.45) is 0. The summed E-state index contributed by atoms with van der Waals surface area (Å²) in [5.41, 5.74) is 2.22. The highest BCUT2D eigenvalue weighted by molar-refractivity contribution is 7.99. The molecule has 0 aliphatic carbocycles. The Balaban J connectivity index is 1.65. The van der Waals surface area contributed by atoms with E-state index in [9.17, 15) is 14.9 Å². The van der Waals surface area contributed by atoms with E-state index in [1.807, 2.05) is 24.3 Å². The molecule has 1 aromatic heterocycles. The van der Waals surface area contributed by atoms with Gasteiger partial charge in [0.1, 0.15) is 0 Å². The van der Waals surface area contributed by atoms with Crippen LogP contribution >= 0.6 is 11.8 Å². The Labute approximate surface area is 166 Å². The molecular weight excluding hydrogens is 378 g/mol. The van der Waals surface area contributed by atoms with Gasteiger partial charge in [-0.15, -0.1) is 10.2 Å². The lowest BCUT2D eigenvalue weighted by Crippen LogP contribution is -2.11. The van der Waals surface area contributed by atoms with Gasteiger partial charge in [-0.25, -0.2) is 0 Å². The maximum absolute atomic E-state index is 12.4. The molecule has 0 N–H and O–H groups in total. The number of rotatable bonds is 6. The van der Waals surface area contributed by atoms with Crippen LogP contribution in [0.1, 0.15) is 36.7 Å². The second kappa shape index (κ2) is 7.93. The highest BCUT2D eigenvalue weighted by Crippen LogP contribution is 2.27. The number of hydrogen-bond donors (Lipinski definition) is 0. The summed E-state index contributed by atoms with van der Waals surface area (Å²) in [5.74, 6) is 0.291. The molecule has 3 aromatic rings. The van der Waals surface area contributed by atoms with Crippen LogP contribution in [0.4, 0.5) is 5.69 Å². The summed E-state index contributed by atoms with van der Waals surface area (Å²) in [6.45, 7) is 6.36. The first-order chi connectivity index (χ1) is 13.2. The van der Waals surface area contributed by atoms with Gasteiger partial charge in [-0.2, -0.15) is 0 Å². The summed E-state index contributed by atoms with van der Waals surface area (Å²) < 4.78 is 5.52. The van der Waals surface area contributed by atoms with Gasteiger partial charge in [0.2, 0.25) is 5.89 Å². The SMILES string of the molecule is CC(C)(C)c1ccc(C(=O)CSc2nnc(-c3cccc([N+](=O)[O-])c3)o2)cc1. The molecule has 28 heavy (non-hydrogen) atoms. The number of nitro benzene ring substituents is 1. The van der Waals surface area contributed by atoms with E-state index in [0.717, 1.165) is 17.3 Å². The minimum absolute atomic E-state index is 0.0308. The molecule has 0 unspecified atom stereocenters. The van der Waals surface area contributed by atoms with E-state index in [-0.39, 0.29) is 33.8 Å². The first kappa shape index (κ1) is 19.8. The van der Waals surface area contributed by atoms with Crippen molar-refractivity contribution in [1.82, 2.24) is 10.2 Å². The molecule has 0 aliphatic heterocycles. The van der Waals surface area contributed by atoms with Crippen LogP contribution in [-0.4, -0.2) is 26.7 Å². The summed E-state index contributed by atoms with van der Waals surface area (Å²) in [4.78, 5) is 22.8. The highest BCUT2D eigenvalue weighted by Gasteiger charge is 2.16. The average molecular weight is 397 g/mol. The van der Waals surface area contributed by atoms with Gasteiger partial charge < -0.3 is 4.42 Å². The van der Waals surface area contributed by atoms with Crippen molar-refractivity contribution in [2.75, 3.05) is 5.75 Å². The summed E-state index contributed by atoms with van der Waals surface area (Å²) >= 11 is 1.14. The summed E-state index contributed by atoms with van der Waals surface area (Å²) in [6, 6.07) is 13.5. The third kappa shape index (κ3) is 4.64. The Hall–Kier alpha value is -3.00. The molecule has 0 saturated carbocycles. The van der Waals surface area contributed by atoms with Crippen LogP contribution in [0, 0.1) is 10.1 Å². The standard InChI is InChI=1S/C20H19N3O4S/c1-20(2,3)15-9-7-13(8-10-15)17(24)12-28-19-22-21-18(27-19)14-5-4-6-16(11-14)23(25)26/h4-11H,12H2,1-3H3. The third-order valence-corrected chi connectivity index (χ3v) is 4.93. The number of Topliss-reactive ketones (excluding diaryl/α,β-unsaturated/α-hetero) is 1. The molecule has 0 saturated heterocycles. The van der Waals surface area contributed by atoms with E-state index in [1.165, 1.54) is 12.1 Å². The van der Waals surface area contributed by atoms with Gasteiger partial charge in [-0.3, -0.25) is 14.9 Å². The lowest BCUT2D eigenvalue weighted by atomic mass is 9.86. The molecule has 0 amide bonds. The number of benzene rings is 2. The quantitative estimate of drug-likeness (QED) is 0.252. The van der Waals surface area contributed by atoms with Crippen LogP contribution in [0.15, 0.2) is 58.2 Å². The Morgan fingerprint density at radius 3 is 2.50 bits per heavy atom. The van der Waals surface area contributed by atoms with Crippen molar-refractivity contribution in [1.29, 1.82) is 0 Å². The van der Waals surface area contributed by atoms with Gasteiger partial charge in [-0.1, -0.05) is 62.9 Å². The van der Waals surface area contributed by atoms with Gasteiger partial charge in [-0.05, 0) is 17.0 Å². The van der Waals surface area contributed by atoms with Gasteiger partial charge in [0.25, 0.3) is 10.9 Å². The predicted octanol–water partition coefficient (Wildman–Crippen LogP) is 4.92. The Bertz CT molecular complexity index is 1010. The fourth-order valence-electron chi connectivity index (χ4n) is 2.50. The minimum atomic E-state index is -0.487. The van der Waals surface area contributed by atoms with Crippen molar-refractivity contribution < 1.29 is 14.1 Å². The third-order valence-electron chi connectivity index (χ3n) is 4.11. The van der Waals surface area contributed by atoms with Gasteiger partial charge in [0.15, 0.2) is 5.78 Å². The van der Waals surface area contributed by atoms with Crippen molar-refractivity contribution in [2.24, 2.45) is 0 Å². The summed E-state index contributed by atoms with van der Waals surface area (Å²) in [7, 11) is 0. The van der Waals surface area contributed by atoms with Crippen LogP contribution in [-0.2, 0) is 5.41 Å². The number of ketones is 1. The predicted molar refractivity (Wildman–Crippen MR) is 107 cm³/mol. The van der Waals surface area contributed by atoms with E-state index in [2.05, 4.69) is 31.0 Å². The largest absolute Gasteiger partial charge is 0.411 e. The lowest BCUT2D eigenvalue weighted by Gasteiger charge is -2.18. The second-order valence-corrected chi connectivity index (χ2v) is 8.15. The average Bonchev–Trinajstić information content (AvgIpc) is 3.14. The number of aromatic nitrogens is 2. The first-order valence-electron chi connectivity index (χ1n) is 8.59. The van der Waals surface area contributed by atoms with Crippen molar-refractivity contribution in [3.63, 3.8) is 0 Å². The van der Waals surface area contributed by atoms with Crippen molar-refractivity contribution in [3.8, 4) is 11.5 Å². The zero-order chi connectivity index (χ0) is 20.3. The normalized spacial score (nSPS) is 11.4. The molecule has 144 valence electrons. The highest BCUT2D eigenvalue weighted by atomic mass is 32.2. The molecule has 8 heteroatoms. The van der Waals surface area contributed by atoms with E-state index in [1.54, 1.807) is 12.1 Å². The summed E-state index contributed by atoms with van der Waals surface area (Å²) in [5, 5.41) is 18.9. The van der Waals surface area contributed by atoms with Crippen LogP contribution < -0.4 is 0 Å². The number of hydrogen-bond acceptors (Lipinski definition) is 7. The van der Waals surface area contributed by atoms with E-state index in [4.69, 9.17) is 4.42 Å². The molecular formula is C20H19N3O4S. The Morgan fingerprint density at radius 2 is 1.86 bits per heavy atom. The number of carbonyl (C=O) groups is 1. The lowest BCUT2D eigenvalue weighted by molar-refractivity contribution is -0.384. The van der Waals surface area contributed by atoms with Gasteiger partial charge >= 0.3 is 0 Å². The minimum Gasteiger partial charge on any atom is -0.411 e. The molecule has 3 rings (SSSR count). The van der Waals surface area contributed by atoms with Crippen LogP contribution in [0.2, 0.25) is 0 Å². The van der Waals surface area contributed by atoms with Gasteiger partial charge in [0.05, 0.1) is 10.7 Å². The zero-order valence-corrected chi connectivity index (χ0v) is 16.5. The molecule has 0 radical (unpaired) electrons. The molecule has 0 spiro atoms. The maximum atomic E-state index is 12.4.